The predicted octanol–water partition coefficient (Wildman–Crippen LogP) is 0.214. The van der Waals surface area contributed by atoms with Crippen LogP contribution in [-0.4, -0.2) is 12.1 Å². The first-order valence-electron chi connectivity index (χ1n) is 2.55. The van der Waals surface area contributed by atoms with Gasteiger partial charge in [0.2, 0.25) is 0 Å². The summed E-state index contributed by atoms with van der Waals surface area (Å²) in [6, 6.07) is 0. The van der Waals surface area contributed by atoms with Crippen LogP contribution in [0, 0.1) is 0 Å². The third-order valence-electron chi connectivity index (χ3n) is 0.797. The van der Waals surface area contributed by atoms with E-state index in [4.69, 9.17) is 0 Å². The zero-order chi connectivity index (χ0) is 6.53. The van der Waals surface area contributed by atoms with Crippen LogP contribution in [0.4, 0.5) is 0 Å². The first kappa shape index (κ1) is 5.75. The van der Waals surface area contributed by atoms with E-state index in [1.807, 2.05) is 0 Å². The number of amides is 1. The molecule has 1 aliphatic heterocycles. The standard InChI is InChI=1S/C6H6N2O/c9-6-5-7-3-1-2-4-8-6/h1-5H,(H,8,9). The van der Waals surface area contributed by atoms with Gasteiger partial charge in [-0.25, -0.2) is 0 Å². The predicted molar refractivity (Wildman–Crippen MR) is 34.9 cm³/mol. The number of carbonyl (C=O) groups is 1. The SMILES string of the molecule is O=C1C=NC=CC=CN1. The van der Waals surface area contributed by atoms with E-state index < -0.39 is 0 Å². The number of allylic oxidation sites excluding steroid dienone is 2. The lowest BCUT2D eigenvalue weighted by molar-refractivity contribution is -0.113. The maximum atomic E-state index is 10.5. The molecule has 46 valence electrons. The van der Waals surface area contributed by atoms with Gasteiger partial charge in [-0.2, -0.15) is 0 Å². The van der Waals surface area contributed by atoms with Crippen LogP contribution in [0.3, 0.4) is 0 Å². The monoisotopic (exact) mass is 122 g/mol. The zero-order valence-electron chi connectivity index (χ0n) is 4.74. The van der Waals surface area contributed by atoms with E-state index in [2.05, 4.69) is 10.3 Å². The van der Waals surface area contributed by atoms with Gasteiger partial charge in [0.25, 0.3) is 5.91 Å². The molecule has 0 saturated heterocycles. The lowest BCUT2D eigenvalue weighted by Crippen LogP contribution is -2.17. The van der Waals surface area contributed by atoms with Crippen molar-refractivity contribution in [1.29, 1.82) is 0 Å². The molecule has 1 aliphatic rings. The number of hydrogen-bond acceptors (Lipinski definition) is 2. The van der Waals surface area contributed by atoms with Gasteiger partial charge in [0.05, 0.1) is 6.21 Å². The van der Waals surface area contributed by atoms with Crippen LogP contribution >= 0.6 is 0 Å². The molecule has 0 spiro atoms. The summed E-state index contributed by atoms with van der Waals surface area (Å²) in [4.78, 5) is 14.1. The summed E-state index contributed by atoms with van der Waals surface area (Å²) in [6.07, 6.45) is 7.77. The van der Waals surface area contributed by atoms with E-state index in [1.165, 1.54) is 6.21 Å². The van der Waals surface area contributed by atoms with Gasteiger partial charge in [-0.1, -0.05) is 0 Å². The normalized spacial score (nSPS) is 16.7. The van der Waals surface area contributed by atoms with Crippen LogP contribution in [0.15, 0.2) is 29.5 Å². The number of nitrogens with one attached hydrogen (secondary N) is 1. The Balaban J connectivity index is 2.70. The third-order valence-corrected chi connectivity index (χ3v) is 0.797. The highest BCUT2D eigenvalue weighted by atomic mass is 16.1. The van der Waals surface area contributed by atoms with E-state index in [0.717, 1.165) is 0 Å². The maximum absolute atomic E-state index is 10.5. The van der Waals surface area contributed by atoms with Crippen LogP contribution in [0.1, 0.15) is 0 Å². The van der Waals surface area contributed by atoms with Gasteiger partial charge in [-0.15, -0.1) is 0 Å². The molecule has 0 aromatic carbocycles. The van der Waals surface area contributed by atoms with Gasteiger partial charge >= 0.3 is 0 Å². The van der Waals surface area contributed by atoms with Crippen molar-refractivity contribution in [2.24, 2.45) is 4.99 Å². The first-order chi connectivity index (χ1) is 4.39. The summed E-state index contributed by atoms with van der Waals surface area (Å²) in [7, 11) is 0. The van der Waals surface area contributed by atoms with E-state index >= 15 is 0 Å². The first-order valence-corrected chi connectivity index (χ1v) is 2.55. The second kappa shape index (κ2) is 2.81. The van der Waals surface area contributed by atoms with Crippen molar-refractivity contribution >= 4 is 12.1 Å². The molecule has 3 heteroatoms. The van der Waals surface area contributed by atoms with Crippen LogP contribution in [0.25, 0.3) is 0 Å². The topological polar surface area (TPSA) is 41.5 Å². The Morgan fingerprint density at radius 3 is 3.22 bits per heavy atom. The molecule has 0 radical (unpaired) electrons. The van der Waals surface area contributed by atoms with Gasteiger partial charge in [0.15, 0.2) is 0 Å². The van der Waals surface area contributed by atoms with Crippen molar-refractivity contribution in [3.8, 4) is 0 Å². The third kappa shape index (κ3) is 1.90. The Kier molecular flexibility index (Phi) is 1.80. The molecule has 0 saturated carbocycles. The minimum atomic E-state index is -0.199. The molecule has 1 rings (SSSR count). The smallest absolute Gasteiger partial charge is 0.266 e. The summed E-state index contributed by atoms with van der Waals surface area (Å²) in [5.74, 6) is -0.199. The summed E-state index contributed by atoms with van der Waals surface area (Å²) >= 11 is 0. The van der Waals surface area contributed by atoms with Gasteiger partial charge in [-0.05, 0) is 12.2 Å². The van der Waals surface area contributed by atoms with Crippen LogP contribution in [-0.2, 0) is 4.79 Å². The van der Waals surface area contributed by atoms with Crippen molar-refractivity contribution in [1.82, 2.24) is 5.32 Å². The number of nitrogens with zero attached hydrogens (tertiary/aromatic N) is 1. The average Bonchev–Trinajstić information content (AvgIpc) is 1.79. The molecule has 0 bridgehead atoms. The average molecular weight is 122 g/mol. The number of aliphatic imine (C=N–C) groups is 1. The van der Waals surface area contributed by atoms with Crippen LogP contribution in [0.5, 0.6) is 0 Å². The molecule has 0 aliphatic carbocycles. The molecule has 1 heterocycles. The quantitative estimate of drug-likeness (QED) is 0.490. The molecular formula is C6H6N2O. The minimum Gasteiger partial charge on any atom is -0.328 e. The van der Waals surface area contributed by atoms with Crippen molar-refractivity contribution in [2.75, 3.05) is 0 Å². The highest BCUT2D eigenvalue weighted by Crippen LogP contribution is 1.79. The molecule has 1 N–H and O–H groups in total. The molecular weight excluding hydrogens is 116 g/mol. The highest BCUT2D eigenvalue weighted by molar-refractivity contribution is 6.26. The number of carbonyl (C=O) groups excluding carboxylic acids is 1. The summed E-state index contributed by atoms with van der Waals surface area (Å²) in [5, 5.41) is 2.46. The van der Waals surface area contributed by atoms with E-state index in [9.17, 15) is 4.79 Å². The Morgan fingerprint density at radius 2 is 2.33 bits per heavy atom. The molecule has 0 fully saturated rings. The van der Waals surface area contributed by atoms with Gasteiger partial charge < -0.3 is 5.32 Å². The summed E-state index contributed by atoms with van der Waals surface area (Å²) < 4.78 is 0. The van der Waals surface area contributed by atoms with E-state index in [1.54, 1.807) is 24.6 Å². The number of hydrogen-bond donors (Lipinski definition) is 1. The fourth-order valence-corrected chi connectivity index (χ4v) is 0.433. The van der Waals surface area contributed by atoms with E-state index in [-0.39, 0.29) is 5.91 Å². The molecule has 0 aromatic heterocycles. The minimum absolute atomic E-state index is 0.199. The molecule has 1 amide bonds. The van der Waals surface area contributed by atoms with Crippen molar-refractivity contribution < 1.29 is 4.79 Å². The lowest BCUT2D eigenvalue weighted by atomic mass is 10.5. The lowest BCUT2D eigenvalue weighted by Gasteiger charge is -1.91. The second-order valence-electron chi connectivity index (χ2n) is 1.49. The van der Waals surface area contributed by atoms with Gasteiger partial charge in [0, 0.05) is 12.4 Å². The largest absolute Gasteiger partial charge is 0.328 e. The van der Waals surface area contributed by atoms with Crippen molar-refractivity contribution in [3.05, 3.63) is 24.6 Å². The van der Waals surface area contributed by atoms with Crippen molar-refractivity contribution in [2.45, 2.75) is 0 Å². The fraction of sp³-hybridized carbons (Fsp3) is 0. The Labute approximate surface area is 52.8 Å². The Bertz CT molecular complexity index is 191. The molecule has 3 nitrogen and oxygen atoms in total. The van der Waals surface area contributed by atoms with E-state index in [0.29, 0.717) is 0 Å². The molecule has 9 heavy (non-hydrogen) atoms. The summed E-state index contributed by atoms with van der Waals surface area (Å²) in [5.41, 5.74) is 0. The fourth-order valence-electron chi connectivity index (χ4n) is 0.433. The summed E-state index contributed by atoms with van der Waals surface area (Å²) in [6.45, 7) is 0. The second-order valence-corrected chi connectivity index (χ2v) is 1.49. The zero-order valence-corrected chi connectivity index (χ0v) is 4.74. The van der Waals surface area contributed by atoms with Crippen LogP contribution in [0.2, 0.25) is 0 Å². The van der Waals surface area contributed by atoms with Crippen LogP contribution < -0.4 is 5.32 Å². The molecule has 0 unspecified atom stereocenters. The Hall–Kier alpha value is -1.38. The molecule has 0 atom stereocenters. The maximum Gasteiger partial charge on any atom is 0.266 e. The van der Waals surface area contributed by atoms with Crippen molar-refractivity contribution in [3.63, 3.8) is 0 Å². The highest BCUT2D eigenvalue weighted by Gasteiger charge is 1.88. The molecule has 0 aromatic rings. The van der Waals surface area contributed by atoms with Gasteiger partial charge in [-0.3, -0.25) is 9.79 Å². The number of rotatable bonds is 0. The van der Waals surface area contributed by atoms with Gasteiger partial charge in [0.1, 0.15) is 0 Å². The Morgan fingerprint density at radius 1 is 1.44 bits per heavy atom.